The number of ether oxygens (including phenoxy) is 1. The molecular weight excluding hydrogens is 308 g/mol. The van der Waals surface area contributed by atoms with Crippen LogP contribution in [0.3, 0.4) is 0 Å². The lowest BCUT2D eigenvalue weighted by Gasteiger charge is -2.12. The lowest BCUT2D eigenvalue weighted by atomic mass is 10.2. The van der Waals surface area contributed by atoms with Crippen molar-refractivity contribution in [3.05, 3.63) is 59.7 Å². The van der Waals surface area contributed by atoms with E-state index in [0.29, 0.717) is 11.3 Å². The molecule has 0 fully saturated rings. The van der Waals surface area contributed by atoms with E-state index in [1.807, 2.05) is 37.3 Å². The summed E-state index contributed by atoms with van der Waals surface area (Å²) >= 11 is 1.54. The largest absolute Gasteiger partial charge is 0.497 e. The third-order valence-electron chi connectivity index (χ3n) is 3.28. The van der Waals surface area contributed by atoms with Gasteiger partial charge in [-0.3, -0.25) is 4.79 Å². The van der Waals surface area contributed by atoms with E-state index in [0.717, 1.165) is 17.0 Å². The molecule has 118 valence electrons. The fraction of sp³-hybridized carbons (Fsp3) is 0.222. The number of anilines is 1. The maximum absolute atomic E-state index is 12.2. The monoisotopic (exact) mass is 326 g/mol. The Labute approximate surface area is 140 Å². The van der Waals surface area contributed by atoms with Crippen molar-refractivity contribution in [2.45, 2.75) is 17.9 Å². The van der Waals surface area contributed by atoms with Crippen LogP contribution < -0.4 is 10.1 Å². The zero-order valence-corrected chi connectivity index (χ0v) is 13.9. The van der Waals surface area contributed by atoms with Crippen molar-refractivity contribution >= 4 is 23.4 Å². The molecule has 0 aliphatic carbocycles. The van der Waals surface area contributed by atoms with E-state index in [1.54, 1.807) is 25.3 Å². The maximum Gasteiger partial charge on any atom is 0.237 e. The van der Waals surface area contributed by atoms with Gasteiger partial charge in [-0.1, -0.05) is 12.1 Å². The normalized spacial score (nSPS) is 11.3. The number of benzene rings is 2. The second-order valence-electron chi connectivity index (χ2n) is 4.98. The average molecular weight is 326 g/mol. The molecular formula is C18H18N2O2S. The standard InChI is InChI=1S/C18H18N2O2S/c1-13(23-12-15-5-3-4-14(10-15)11-19)18(21)20-16-6-8-17(22-2)9-7-16/h3-10,13H,12H2,1-2H3,(H,20,21). The number of nitrogens with one attached hydrogen (secondary N) is 1. The summed E-state index contributed by atoms with van der Waals surface area (Å²) in [6.45, 7) is 1.87. The molecule has 2 rings (SSSR count). The number of thioether (sulfide) groups is 1. The van der Waals surface area contributed by atoms with Crippen molar-refractivity contribution in [1.82, 2.24) is 0 Å². The minimum atomic E-state index is -0.192. The molecule has 0 spiro atoms. The topological polar surface area (TPSA) is 62.1 Å². The number of methoxy groups -OCH3 is 1. The van der Waals surface area contributed by atoms with Crippen LogP contribution in [0.2, 0.25) is 0 Å². The number of hydrogen-bond donors (Lipinski definition) is 1. The highest BCUT2D eigenvalue weighted by Crippen LogP contribution is 2.21. The Morgan fingerprint density at radius 1 is 1.30 bits per heavy atom. The Kier molecular flexibility index (Phi) is 6.07. The molecule has 1 atom stereocenters. The predicted octanol–water partition coefficient (Wildman–Crippen LogP) is 3.83. The predicted molar refractivity (Wildman–Crippen MR) is 93.5 cm³/mol. The summed E-state index contributed by atoms with van der Waals surface area (Å²) in [4.78, 5) is 12.2. The van der Waals surface area contributed by atoms with Crippen molar-refractivity contribution in [2.24, 2.45) is 0 Å². The fourth-order valence-corrected chi connectivity index (χ4v) is 2.78. The van der Waals surface area contributed by atoms with E-state index < -0.39 is 0 Å². The third kappa shape index (κ3) is 5.04. The SMILES string of the molecule is COc1ccc(NC(=O)C(C)SCc2cccc(C#N)c2)cc1. The summed E-state index contributed by atoms with van der Waals surface area (Å²) in [5, 5.41) is 11.6. The molecule has 2 aromatic rings. The van der Waals surface area contributed by atoms with E-state index in [-0.39, 0.29) is 11.2 Å². The van der Waals surface area contributed by atoms with E-state index in [9.17, 15) is 4.79 Å². The van der Waals surface area contributed by atoms with Crippen molar-refractivity contribution in [1.29, 1.82) is 5.26 Å². The number of hydrogen-bond acceptors (Lipinski definition) is 4. The Bertz CT molecular complexity index is 708. The van der Waals surface area contributed by atoms with Gasteiger partial charge in [0.2, 0.25) is 5.91 Å². The highest BCUT2D eigenvalue weighted by molar-refractivity contribution is 7.99. The minimum absolute atomic E-state index is 0.0448. The molecule has 0 heterocycles. The maximum atomic E-state index is 12.2. The van der Waals surface area contributed by atoms with Gasteiger partial charge in [0.15, 0.2) is 0 Å². The first-order chi connectivity index (χ1) is 11.1. The number of amides is 1. The summed E-state index contributed by atoms with van der Waals surface area (Å²) in [5.41, 5.74) is 2.42. The Balaban J connectivity index is 1.87. The molecule has 0 aliphatic heterocycles. The first kappa shape index (κ1) is 16.9. The van der Waals surface area contributed by atoms with Gasteiger partial charge in [-0.25, -0.2) is 0 Å². The quantitative estimate of drug-likeness (QED) is 0.876. The molecule has 4 nitrogen and oxygen atoms in total. The summed E-state index contributed by atoms with van der Waals surface area (Å²) in [7, 11) is 1.60. The lowest BCUT2D eigenvalue weighted by Crippen LogP contribution is -2.22. The first-order valence-electron chi connectivity index (χ1n) is 7.18. The van der Waals surface area contributed by atoms with E-state index in [2.05, 4.69) is 11.4 Å². The van der Waals surface area contributed by atoms with Crippen LogP contribution in [0.15, 0.2) is 48.5 Å². The molecule has 0 aliphatic rings. The van der Waals surface area contributed by atoms with Crippen molar-refractivity contribution in [3.8, 4) is 11.8 Å². The second kappa shape index (κ2) is 8.25. The Hall–Kier alpha value is -2.45. The van der Waals surface area contributed by atoms with Crippen LogP contribution >= 0.6 is 11.8 Å². The van der Waals surface area contributed by atoms with Crippen LogP contribution in [0.5, 0.6) is 5.75 Å². The Morgan fingerprint density at radius 2 is 2.04 bits per heavy atom. The molecule has 23 heavy (non-hydrogen) atoms. The molecule has 1 unspecified atom stereocenters. The average Bonchev–Trinajstić information content (AvgIpc) is 2.60. The summed E-state index contributed by atoms with van der Waals surface area (Å²) < 4.78 is 5.09. The van der Waals surface area contributed by atoms with Gasteiger partial charge >= 0.3 is 0 Å². The fourth-order valence-electron chi connectivity index (χ4n) is 1.95. The van der Waals surface area contributed by atoms with Gasteiger partial charge in [-0.15, -0.1) is 11.8 Å². The molecule has 5 heteroatoms. The number of rotatable bonds is 6. The molecule has 0 saturated carbocycles. The highest BCUT2D eigenvalue weighted by Gasteiger charge is 2.13. The summed E-state index contributed by atoms with van der Waals surface area (Å²) in [5.74, 6) is 1.40. The third-order valence-corrected chi connectivity index (χ3v) is 4.50. The van der Waals surface area contributed by atoms with Gasteiger partial charge in [0.05, 0.1) is 24.0 Å². The first-order valence-corrected chi connectivity index (χ1v) is 8.23. The van der Waals surface area contributed by atoms with E-state index in [4.69, 9.17) is 10.00 Å². The van der Waals surface area contributed by atoms with Crippen LogP contribution in [0, 0.1) is 11.3 Å². The van der Waals surface area contributed by atoms with Crippen molar-refractivity contribution in [3.63, 3.8) is 0 Å². The highest BCUT2D eigenvalue weighted by atomic mass is 32.2. The molecule has 1 N–H and O–H groups in total. The van der Waals surface area contributed by atoms with E-state index in [1.165, 1.54) is 11.8 Å². The number of nitriles is 1. The number of carbonyl (C=O) groups excluding carboxylic acids is 1. The van der Waals surface area contributed by atoms with Crippen molar-refractivity contribution in [2.75, 3.05) is 12.4 Å². The van der Waals surface area contributed by atoms with Gasteiger partial charge in [0.25, 0.3) is 0 Å². The smallest absolute Gasteiger partial charge is 0.237 e. The zero-order chi connectivity index (χ0) is 16.7. The van der Waals surface area contributed by atoms with Gasteiger partial charge in [-0.05, 0) is 48.9 Å². The second-order valence-corrected chi connectivity index (χ2v) is 6.31. The summed E-state index contributed by atoms with van der Waals surface area (Å²) in [6.07, 6.45) is 0. The molecule has 0 bridgehead atoms. The van der Waals surface area contributed by atoms with Crippen LogP contribution in [0.4, 0.5) is 5.69 Å². The zero-order valence-electron chi connectivity index (χ0n) is 13.1. The van der Waals surface area contributed by atoms with Crippen LogP contribution in [-0.2, 0) is 10.5 Å². The van der Waals surface area contributed by atoms with Gasteiger partial charge in [0.1, 0.15) is 5.75 Å². The molecule has 0 aromatic heterocycles. The van der Waals surface area contributed by atoms with Gasteiger partial charge in [0, 0.05) is 11.4 Å². The van der Waals surface area contributed by atoms with E-state index >= 15 is 0 Å². The molecule has 0 saturated heterocycles. The number of nitrogens with zero attached hydrogens (tertiary/aromatic N) is 1. The molecule has 1 amide bonds. The molecule has 2 aromatic carbocycles. The lowest BCUT2D eigenvalue weighted by molar-refractivity contribution is -0.115. The number of carbonyl (C=O) groups is 1. The van der Waals surface area contributed by atoms with Crippen LogP contribution in [0.1, 0.15) is 18.1 Å². The summed E-state index contributed by atoms with van der Waals surface area (Å²) in [6, 6.07) is 16.8. The van der Waals surface area contributed by atoms with Gasteiger partial charge < -0.3 is 10.1 Å². The van der Waals surface area contributed by atoms with Crippen LogP contribution in [-0.4, -0.2) is 18.3 Å². The Morgan fingerprint density at radius 3 is 2.70 bits per heavy atom. The van der Waals surface area contributed by atoms with Gasteiger partial charge in [-0.2, -0.15) is 5.26 Å². The van der Waals surface area contributed by atoms with Crippen LogP contribution in [0.25, 0.3) is 0 Å². The van der Waals surface area contributed by atoms with Crippen molar-refractivity contribution < 1.29 is 9.53 Å². The minimum Gasteiger partial charge on any atom is -0.497 e. The molecule has 0 radical (unpaired) electrons.